The molecular weight excluding hydrogens is 268 g/mol. The number of nitrogens with zero attached hydrogens (tertiary/aromatic N) is 1. The third kappa shape index (κ3) is 2.48. The summed E-state index contributed by atoms with van der Waals surface area (Å²) in [6, 6.07) is 4.99. The van der Waals surface area contributed by atoms with Crippen LogP contribution >= 0.6 is 0 Å². The molecule has 1 aromatic rings. The van der Waals surface area contributed by atoms with E-state index in [2.05, 4.69) is 5.32 Å². The molecule has 0 spiro atoms. The number of benzene rings is 1. The fraction of sp³-hybridized carbons (Fsp3) is 0.500. The van der Waals surface area contributed by atoms with Crippen molar-refractivity contribution in [3.8, 4) is 5.75 Å². The zero-order valence-electron chi connectivity index (χ0n) is 13.2. The van der Waals surface area contributed by atoms with E-state index in [0.717, 1.165) is 17.0 Å². The number of ether oxygens (including phenoxy) is 1. The Morgan fingerprint density at radius 3 is 2.57 bits per heavy atom. The number of hydrogen-bond donors (Lipinski definition) is 1. The van der Waals surface area contributed by atoms with Crippen molar-refractivity contribution in [2.45, 2.75) is 45.7 Å². The van der Waals surface area contributed by atoms with Gasteiger partial charge < -0.3 is 10.1 Å². The Hall–Kier alpha value is -2.04. The molecule has 0 saturated carbocycles. The van der Waals surface area contributed by atoms with E-state index in [9.17, 15) is 9.59 Å². The first-order valence-electron chi connectivity index (χ1n) is 7.14. The predicted octanol–water partition coefficient (Wildman–Crippen LogP) is 2.02. The molecule has 5 heteroatoms. The van der Waals surface area contributed by atoms with E-state index in [4.69, 9.17) is 4.74 Å². The van der Waals surface area contributed by atoms with Gasteiger partial charge in [-0.2, -0.15) is 0 Å². The highest BCUT2D eigenvalue weighted by Gasteiger charge is 2.45. The first-order valence-corrected chi connectivity index (χ1v) is 7.14. The van der Waals surface area contributed by atoms with Gasteiger partial charge in [-0.3, -0.25) is 14.5 Å². The van der Waals surface area contributed by atoms with Crippen LogP contribution in [0.25, 0.3) is 0 Å². The number of methoxy groups -OCH3 is 1. The molecule has 114 valence electrons. The third-order valence-corrected chi connectivity index (χ3v) is 4.22. The molecule has 1 heterocycles. The molecule has 0 radical (unpaired) electrons. The highest BCUT2D eigenvalue weighted by atomic mass is 16.5. The second-order valence-corrected chi connectivity index (χ2v) is 5.68. The summed E-state index contributed by atoms with van der Waals surface area (Å²) in [7, 11) is 1.61. The highest BCUT2D eigenvalue weighted by Crippen LogP contribution is 2.30. The molecular formula is C16H22N2O3. The number of piperazine rings is 1. The first-order chi connectivity index (χ1) is 9.84. The Bertz CT molecular complexity index is 585. The summed E-state index contributed by atoms with van der Waals surface area (Å²) in [6.07, 6.45) is 0.552. The monoisotopic (exact) mass is 290 g/mol. The third-order valence-electron chi connectivity index (χ3n) is 4.22. The number of nitrogens with one attached hydrogen (secondary N) is 1. The SMILES string of the molecule is CCC1(C)NC(=O)C(C)N(c2ccc(OC)c(C)c2)C1=O. The molecule has 0 bridgehead atoms. The minimum atomic E-state index is -0.850. The van der Waals surface area contributed by atoms with Crippen molar-refractivity contribution in [3.63, 3.8) is 0 Å². The van der Waals surface area contributed by atoms with Crippen LogP contribution in [-0.4, -0.2) is 30.5 Å². The lowest BCUT2D eigenvalue weighted by Gasteiger charge is -2.43. The first kappa shape index (κ1) is 15.4. The van der Waals surface area contributed by atoms with Gasteiger partial charge in [0, 0.05) is 5.69 Å². The van der Waals surface area contributed by atoms with E-state index in [1.165, 1.54) is 0 Å². The number of carbonyl (C=O) groups excluding carboxylic acids is 2. The summed E-state index contributed by atoms with van der Waals surface area (Å²) in [4.78, 5) is 26.5. The Morgan fingerprint density at radius 2 is 2.05 bits per heavy atom. The quantitative estimate of drug-likeness (QED) is 0.926. The second kappa shape index (κ2) is 5.39. The lowest BCUT2D eigenvalue weighted by molar-refractivity contribution is -0.137. The highest BCUT2D eigenvalue weighted by molar-refractivity contribution is 6.10. The largest absolute Gasteiger partial charge is 0.496 e. The van der Waals surface area contributed by atoms with E-state index in [1.54, 1.807) is 25.9 Å². The zero-order valence-corrected chi connectivity index (χ0v) is 13.2. The molecule has 2 atom stereocenters. The van der Waals surface area contributed by atoms with Gasteiger partial charge in [0.25, 0.3) is 5.91 Å². The van der Waals surface area contributed by atoms with Crippen LogP contribution in [0.1, 0.15) is 32.8 Å². The molecule has 1 aromatic carbocycles. The Morgan fingerprint density at radius 1 is 1.38 bits per heavy atom. The Kier molecular flexibility index (Phi) is 3.94. The maximum Gasteiger partial charge on any atom is 0.253 e. The Balaban J connectivity index is 2.46. The lowest BCUT2D eigenvalue weighted by atomic mass is 9.91. The summed E-state index contributed by atoms with van der Waals surface area (Å²) in [5.41, 5.74) is 0.803. The fourth-order valence-corrected chi connectivity index (χ4v) is 2.58. The smallest absolute Gasteiger partial charge is 0.253 e. The minimum Gasteiger partial charge on any atom is -0.496 e. The van der Waals surface area contributed by atoms with Crippen LogP contribution in [0.5, 0.6) is 5.75 Å². The molecule has 1 aliphatic rings. The van der Waals surface area contributed by atoms with Crippen LogP contribution in [0.15, 0.2) is 18.2 Å². The van der Waals surface area contributed by atoms with Crippen LogP contribution in [-0.2, 0) is 9.59 Å². The maximum atomic E-state index is 12.8. The molecule has 2 amide bonds. The molecule has 2 rings (SSSR count). The van der Waals surface area contributed by atoms with Crippen molar-refractivity contribution < 1.29 is 14.3 Å². The van der Waals surface area contributed by atoms with Crippen LogP contribution < -0.4 is 15.0 Å². The maximum absolute atomic E-state index is 12.8. The molecule has 1 aliphatic heterocycles. The van der Waals surface area contributed by atoms with Crippen molar-refractivity contribution in [2.75, 3.05) is 12.0 Å². The van der Waals surface area contributed by atoms with Crippen molar-refractivity contribution in [2.24, 2.45) is 0 Å². The van der Waals surface area contributed by atoms with Gasteiger partial charge in [-0.1, -0.05) is 6.92 Å². The van der Waals surface area contributed by atoms with Crippen LogP contribution in [0.4, 0.5) is 5.69 Å². The average Bonchev–Trinajstić information content (AvgIpc) is 2.46. The summed E-state index contributed by atoms with van der Waals surface area (Å²) in [5, 5.41) is 2.82. The minimum absolute atomic E-state index is 0.0818. The predicted molar refractivity (Wildman–Crippen MR) is 81.5 cm³/mol. The molecule has 0 aromatic heterocycles. The van der Waals surface area contributed by atoms with E-state index in [-0.39, 0.29) is 11.8 Å². The van der Waals surface area contributed by atoms with Crippen molar-refractivity contribution in [1.29, 1.82) is 0 Å². The van der Waals surface area contributed by atoms with Crippen molar-refractivity contribution in [1.82, 2.24) is 5.32 Å². The molecule has 1 fully saturated rings. The fourth-order valence-electron chi connectivity index (χ4n) is 2.58. The molecule has 0 aliphatic carbocycles. The van der Waals surface area contributed by atoms with E-state index >= 15 is 0 Å². The average molecular weight is 290 g/mol. The second-order valence-electron chi connectivity index (χ2n) is 5.68. The number of hydrogen-bond acceptors (Lipinski definition) is 3. The standard InChI is InChI=1S/C16H22N2O3/c1-6-16(4)15(20)18(11(3)14(19)17-16)12-7-8-13(21-5)10(2)9-12/h7-9,11H,6H2,1-5H3,(H,17,19). The summed E-state index contributed by atoms with van der Waals surface area (Å²) in [6.45, 7) is 7.32. The zero-order chi connectivity index (χ0) is 15.8. The van der Waals surface area contributed by atoms with Crippen LogP contribution in [0.3, 0.4) is 0 Å². The lowest BCUT2D eigenvalue weighted by Crippen LogP contribution is -2.68. The molecule has 1 saturated heterocycles. The van der Waals surface area contributed by atoms with Gasteiger partial charge in [-0.25, -0.2) is 0 Å². The van der Waals surface area contributed by atoms with E-state index < -0.39 is 11.6 Å². The molecule has 1 N–H and O–H groups in total. The van der Waals surface area contributed by atoms with Gasteiger partial charge in [0.05, 0.1) is 7.11 Å². The van der Waals surface area contributed by atoms with Gasteiger partial charge >= 0.3 is 0 Å². The number of anilines is 1. The summed E-state index contributed by atoms with van der Waals surface area (Å²) < 4.78 is 5.24. The van der Waals surface area contributed by atoms with Gasteiger partial charge in [0.15, 0.2) is 0 Å². The topological polar surface area (TPSA) is 58.6 Å². The van der Waals surface area contributed by atoms with Gasteiger partial charge in [0.2, 0.25) is 5.91 Å². The Labute approximate surface area is 125 Å². The number of carbonyl (C=O) groups is 2. The van der Waals surface area contributed by atoms with Crippen molar-refractivity contribution in [3.05, 3.63) is 23.8 Å². The normalized spacial score (nSPS) is 25.8. The number of rotatable bonds is 3. The van der Waals surface area contributed by atoms with Gasteiger partial charge in [-0.15, -0.1) is 0 Å². The van der Waals surface area contributed by atoms with Crippen LogP contribution in [0, 0.1) is 6.92 Å². The summed E-state index contributed by atoms with van der Waals surface area (Å²) in [5.74, 6) is 0.549. The molecule has 2 unspecified atom stereocenters. The van der Waals surface area contributed by atoms with Crippen molar-refractivity contribution >= 4 is 17.5 Å². The van der Waals surface area contributed by atoms with E-state index in [1.807, 2.05) is 32.0 Å². The number of aryl methyl sites for hydroxylation is 1. The summed E-state index contributed by atoms with van der Waals surface area (Å²) >= 11 is 0. The van der Waals surface area contributed by atoms with Gasteiger partial charge in [-0.05, 0) is 51.0 Å². The molecule has 21 heavy (non-hydrogen) atoms. The molecule has 5 nitrogen and oxygen atoms in total. The van der Waals surface area contributed by atoms with Crippen LogP contribution in [0.2, 0.25) is 0 Å². The van der Waals surface area contributed by atoms with Gasteiger partial charge in [0.1, 0.15) is 17.3 Å². The van der Waals surface area contributed by atoms with E-state index in [0.29, 0.717) is 6.42 Å². The number of amides is 2.